The second-order valence-corrected chi connectivity index (χ2v) is 12.7. The van der Waals surface area contributed by atoms with Crippen LogP contribution in [0.4, 0.5) is 0 Å². The van der Waals surface area contributed by atoms with Crippen LogP contribution in [-0.4, -0.2) is 9.13 Å². The highest BCUT2D eigenvalue weighted by Gasteiger charge is 2.16. The lowest BCUT2D eigenvalue weighted by atomic mass is 9.93. The number of nitrogens with zero attached hydrogens (tertiary/aromatic N) is 2. The molecule has 0 fully saturated rings. The summed E-state index contributed by atoms with van der Waals surface area (Å²) in [6.45, 7) is 2.32. The minimum absolute atomic E-state index is 0.449. The molecule has 0 aliphatic carbocycles. The minimum Gasteiger partial charge on any atom is -0.309 e. The lowest BCUT2D eigenvalue weighted by Gasteiger charge is -2.14. The first kappa shape index (κ1) is 27.5. The molecule has 0 spiro atoms. The molecule has 0 saturated heterocycles. The predicted octanol–water partition coefficient (Wildman–Crippen LogP) is 11.9. The zero-order chi connectivity index (χ0) is 31.3. The number of fused-ring (bicyclic) bond motifs is 6. The Morgan fingerprint density at radius 2 is 0.915 bits per heavy atom. The van der Waals surface area contributed by atoms with Crippen LogP contribution in [0.5, 0.6) is 0 Å². The summed E-state index contributed by atoms with van der Waals surface area (Å²) >= 11 is 0. The van der Waals surface area contributed by atoms with Crippen LogP contribution >= 0.6 is 0 Å². The second kappa shape index (κ2) is 11.2. The van der Waals surface area contributed by atoms with Crippen molar-refractivity contribution in [3.8, 4) is 22.5 Å². The molecule has 0 N–H and O–H groups in total. The topological polar surface area (TPSA) is 9.86 Å². The van der Waals surface area contributed by atoms with Crippen LogP contribution in [0.3, 0.4) is 0 Å². The molecule has 0 amide bonds. The van der Waals surface area contributed by atoms with Gasteiger partial charge < -0.3 is 9.13 Å². The van der Waals surface area contributed by atoms with E-state index in [1.165, 1.54) is 77.2 Å². The Kier molecular flexibility index (Phi) is 6.53. The molecular weight excluding hydrogens is 569 g/mol. The van der Waals surface area contributed by atoms with Gasteiger partial charge in [-0.3, -0.25) is 0 Å². The normalized spacial score (nSPS) is 12.4. The van der Waals surface area contributed by atoms with Crippen LogP contribution in [0.15, 0.2) is 170 Å². The fraction of sp³-hybridized carbons (Fsp3) is 0.0667. The Morgan fingerprint density at radius 1 is 0.404 bits per heavy atom. The highest BCUT2D eigenvalue weighted by Crippen LogP contribution is 2.37. The van der Waals surface area contributed by atoms with Crippen molar-refractivity contribution in [3.05, 3.63) is 181 Å². The fourth-order valence-corrected chi connectivity index (χ4v) is 7.53. The van der Waals surface area contributed by atoms with Crippen LogP contribution in [0.25, 0.3) is 66.1 Å². The molecule has 2 nitrogen and oxygen atoms in total. The Morgan fingerprint density at radius 3 is 1.57 bits per heavy atom. The maximum absolute atomic E-state index is 2.43. The third-order valence-corrected chi connectivity index (χ3v) is 9.77. The van der Waals surface area contributed by atoms with Gasteiger partial charge in [-0.05, 0) is 89.2 Å². The van der Waals surface area contributed by atoms with Crippen molar-refractivity contribution < 1.29 is 0 Å². The molecule has 7 aromatic carbocycles. The number of rotatable bonds is 6. The highest BCUT2D eigenvalue weighted by atomic mass is 15.0. The Hall–Kier alpha value is -5.86. The molecule has 0 bridgehead atoms. The number of aromatic nitrogens is 2. The zero-order valence-electron chi connectivity index (χ0n) is 26.3. The summed E-state index contributed by atoms with van der Waals surface area (Å²) in [5.41, 5.74) is 12.4. The van der Waals surface area contributed by atoms with Gasteiger partial charge in [-0.15, -0.1) is 0 Å². The van der Waals surface area contributed by atoms with E-state index in [2.05, 4.69) is 186 Å². The third kappa shape index (κ3) is 4.64. The predicted molar refractivity (Wildman–Crippen MR) is 199 cm³/mol. The lowest BCUT2D eigenvalue weighted by Crippen LogP contribution is -2.00. The first-order valence-corrected chi connectivity index (χ1v) is 16.5. The van der Waals surface area contributed by atoms with Crippen LogP contribution in [0.1, 0.15) is 24.0 Å². The van der Waals surface area contributed by atoms with Crippen LogP contribution in [0, 0.1) is 0 Å². The summed E-state index contributed by atoms with van der Waals surface area (Å²) in [4.78, 5) is 0. The summed E-state index contributed by atoms with van der Waals surface area (Å²) < 4.78 is 4.82. The van der Waals surface area contributed by atoms with Crippen molar-refractivity contribution in [2.75, 3.05) is 0 Å². The Labute approximate surface area is 274 Å². The van der Waals surface area contributed by atoms with Gasteiger partial charge in [-0.2, -0.15) is 0 Å². The van der Waals surface area contributed by atoms with E-state index in [1.807, 2.05) is 0 Å². The number of para-hydroxylation sites is 3. The molecule has 9 rings (SSSR count). The van der Waals surface area contributed by atoms with Gasteiger partial charge in [0, 0.05) is 32.9 Å². The van der Waals surface area contributed by atoms with Crippen molar-refractivity contribution in [3.63, 3.8) is 0 Å². The maximum atomic E-state index is 2.43. The lowest BCUT2D eigenvalue weighted by molar-refractivity contribution is 0.759. The van der Waals surface area contributed by atoms with Crippen LogP contribution in [0.2, 0.25) is 0 Å². The minimum atomic E-state index is 0.449. The van der Waals surface area contributed by atoms with E-state index >= 15 is 0 Å². The van der Waals surface area contributed by atoms with E-state index in [9.17, 15) is 0 Å². The van der Waals surface area contributed by atoms with Crippen molar-refractivity contribution >= 4 is 43.6 Å². The Balaban J connectivity index is 1.15. The number of benzene rings is 7. The van der Waals surface area contributed by atoms with E-state index in [-0.39, 0.29) is 0 Å². The largest absolute Gasteiger partial charge is 0.309 e. The molecule has 2 aromatic heterocycles. The van der Waals surface area contributed by atoms with E-state index in [0.717, 1.165) is 6.42 Å². The van der Waals surface area contributed by atoms with Gasteiger partial charge in [0.05, 0.1) is 22.1 Å². The highest BCUT2D eigenvalue weighted by molar-refractivity contribution is 6.11. The summed E-state index contributed by atoms with van der Waals surface area (Å²) in [6, 6.07) is 62.0. The van der Waals surface area contributed by atoms with Gasteiger partial charge in [-0.1, -0.05) is 122 Å². The molecule has 1 unspecified atom stereocenters. The summed E-state index contributed by atoms with van der Waals surface area (Å²) in [5.74, 6) is 0.449. The van der Waals surface area contributed by atoms with Crippen molar-refractivity contribution in [2.45, 2.75) is 19.3 Å². The molecule has 1 atom stereocenters. The van der Waals surface area contributed by atoms with Gasteiger partial charge in [0.2, 0.25) is 0 Å². The van der Waals surface area contributed by atoms with E-state index in [0.29, 0.717) is 5.92 Å². The van der Waals surface area contributed by atoms with Crippen LogP contribution < -0.4 is 0 Å². The van der Waals surface area contributed by atoms with Crippen LogP contribution in [-0.2, 0) is 6.42 Å². The van der Waals surface area contributed by atoms with Gasteiger partial charge >= 0.3 is 0 Å². The molecule has 2 heterocycles. The summed E-state index contributed by atoms with van der Waals surface area (Å²) in [6.07, 6.45) is 1.00. The SMILES string of the molecule is CC(Cc1cccc(-n2c3ccccc3c3cc(-c4cccc(-n5c6ccccc6c6ccccc65)c4)ccc32)c1)c1ccccc1. The van der Waals surface area contributed by atoms with Gasteiger partial charge in [0.1, 0.15) is 0 Å². The average molecular weight is 603 g/mol. The average Bonchev–Trinajstić information content (AvgIpc) is 3.65. The van der Waals surface area contributed by atoms with Gasteiger partial charge in [0.25, 0.3) is 0 Å². The molecular formula is C45H34N2. The molecule has 47 heavy (non-hydrogen) atoms. The van der Waals surface area contributed by atoms with E-state index in [1.54, 1.807) is 0 Å². The quantitative estimate of drug-likeness (QED) is 0.179. The standard InChI is InChI=1S/C45H34N2/c1-31(33-14-3-2-4-15-33)27-32-13-11-17-36(28-32)46-44-24-10-7-21-40(44)41-30-35(25-26-45(41)46)34-16-12-18-37(29-34)47-42-22-8-5-19-38(42)39-20-6-9-23-43(39)47/h2-26,28-31H,27H2,1H3. The first-order chi connectivity index (χ1) is 23.2. The Bertz CT molecular complexity index is 2510. The molecule has 224 valence electrons. The van der Waals surface area contributed by atoms with Crippen molar-refractivity contribution in [1.29, 1.82) is 0 Å². The van der Waals surface area contributed by atoms with Gasteiger partial charge in [-0.25, -0.2) is 0 Å². The number of hydrogen-bond donors (Lipinski definition) is 0. The summed E-state index contributed by atoms with van der Waals surface area (Å²) in [5, 5.41) is 5.09. The second-order valence-electron chi connectivity index (χ2n) is 12.7. The summed E-state index contributed by atoms with van der Waals surface area (Å²) in [7, 11) is 0. The monoisotopic (exact) mass is 602 g/mol. The molecule has 0 radical (unpaired) electrons. The van der Waals surface area contributed by atoms with Gasteiger partial charge in [0.15, 0.2) is 0 Å². The molecule has 0 saturated carbocycles. The molecule has 0 aliphatic rings. The zero-order valence-corrected chi connectivity index (χ0v) is 26.3. The molecule has 9 aromatic rings. The third-order valence-electron chi connectivity index (χ3n) is 9.77. The smallest absolute Gasteiger partial charge is 0.0541 e. The van der Waals surface area contributed by atoms with Crippen molar-refractivity contribution in [2.24, 2.45) is 0 Å². The molecule has 2 heteroatoms. The fourth-order valence-electron chi connectivity index (χ4n) is 7.53. The van der Waals surface area contributed by atoms with E-state index < -0.39 is 0 Å². The molecule has 0 aliphatic heterocycles. The first-order valence-electron chi connectivity index (χ1n) is 16.5. The maximum Gasteiger partial charge on any atom is 0.0541 e. The van der Waals surface area contributed by atoms with Crippen molar-refractivity contribution in [1.82, 2.24) is 9.13 Å². The number of hydrogen-bond acceptors (Lipinski definition) is 0. The van der Waals surface area contributed by atoms with E-state index in [4.69, 9.17) is 0 Å².